The smallest absolute Gasteiger partial charge is 0.251 e. The van der Waals surface area contributed by atoms with Crippen molar-refractivity contribution in [3.63, 3.8) is 0 Å². The van der Waals surface area contributed by atoms with E-state index in [0.717, 1.165) is 4.47 Å². The molecule has 1 rings (SSSR count). The Bertz CT molecular complexity index is 371. The van der Waals surface area contributed by atoms with Gasteiger partial charge in [0.15, 0.2) is 0 Å². The summed E-state index contributed by atoms with van der Waals surface area (Å²) in [5.41, 5.74) is -0.0543. The van der Waals surface area contributed by atoms with Gasteiger partial charge in [0.25, 0.3) is 5.91 Å². The molecule has 0 aliphatic heterocycles. The highest BCUT2D eigenvalue weighted by atomic mass is 79.9. The van der Waals surface area contributed by atoms with Crippen molar-refractivity contribution >= 4 is 21.8 Å². The summed E-state index contributed by atoms with van der Waals surface area (Å²) in [5, 5.41) is 12.3. The number of benzene rings is 1. The summed E-state index contributed by atoms with van der Waals surface area (Å²) >= 11 is 3.31. The van der Waals surface area contributed by atoms with Gasteiger partial charge in [-0.05, 0) is 45.0 Å². The van der Waals surface area contributed by atoms with E-state index in [4.69, 9.17) is 0 Å². The van der Waals surface area contributed by atoms with Gasteiger partial charge >= 0.3 is 0 Å². The monoisotopic (exact) mass is 285 g/mol. The number of halogens is 1. The molecule has 0 spiro atoms. The van der Waals surface area contributed by atoms with E-state index in [-0.39, 0.29) is 5.91 Å². The third-order valence-corrected chi connectivity index (χ3v) is 3.12. The van der Waals surface area contributed by atoms with E-state index >= 15 is 0 Å². The van der Waals surface area contributed by atoms with Crippen molar-refractivity contribution in [3.05, 3.63) is 34.3 Å². The topological polar surface area (TPSA) is 49.3 Å². The Balaban J connectivity index is 2.77. The third-order valence-electron chi connectivity index (χ3n) is 2.59. The van der Waals surface area contributed by atoms with Crippen LogP contribution in [0.2, 0.25) is 0 Å². The first kappa shape index (κ1) is 13.2. The number of carbonyl (C=O) groups is 1. The van der Waals surface area contributed by atoms with Crippen LogP contribution in [0.5, 0.6) is 0 Å². The molecule has 16 heavy (non-hydrogen) atoms. The average Bonchev–Trinajstić information content (AvgIpc) is 2.17. The maximum absolute atomic E-state index is 11.8. The number of nitrogens with one attached hydrogen (secondary N) is 1. The zero-order chi connectivity index (χ0) is 12.3. The summed E-state index contributed by atoms with van der Waals surface area (Å²) in [5.74, 6) is -0.182. The maximum Gasteiger partial charge on any atom is 0.251 e. The van der Waals surface area contributed by atoms with Crippen LogP contribution < -0.4 is 5.32 Å². The highest BCUT2D eigenvalue weighted by molar-refractivity contribution is 9.10. The van der Waals surface area contributed by atoms with E-state index in [1.165, 1.54) is 0 Å². The number of hydrogen-bond donors (Lipinski definition) is 2. The average molecular weight is 286 g/mol. The fourth-order valence-corrected chi connectivity index (χ4v) is 1.33. The summed E-state index contributed by atoms with van der Waals surface area (Å²) < 4.78 is 0.929. The van der Waals surface area contributed by atoms with E-state index in [1.807, 2.05) is 12.1 Å². The molecule has 4 heteroatoms. The Hall–Kier alpha value is -0.870. The van der Waals surface area contributed by atoms with Crippen LogP contribution in [-0.4, -0.2) is 22.7 Å². The lowest BCUT2D eigenvalue weighted by Crippen LogP contribution is -2.50. The summed E-state index contributed by atoms with van der Waals surface area (Å²) in [7, 11) is 0. The Labute approximate surface area is 104 Å². The molecule has 0 heterocycles. The molecule has 1 amide bonds. The van der Waals surface area contributed by atoms with Crippen molar-refractivity contribution in [2.24, 2.45) is 0 Å². The molecular formula is C12H16BrNO2. The van der Waals surface area contributed by atoms with Gasteiger partial charge in [0.2, 0.25) is 0 Å². The normalized spacial score (nSPS) is 13.3. The van der Waals surface area contributed by atoms with Crippen LogP contribution in [0.3, 0.4) is 0 Å². The number of aliphatic hydroxyl groups excluding tert-OH is 1. The molecule has 1 unspecified atom stereocenters. The SMILES string of the molecule is CC(O)C(C)(C)NC(=O)c1ccc(Br)cc1. The quantitative estimate of drug-likeness (QED) is 0.896. The van der Waals surface area contributed by atoms with Gasteiger partial charge in [0.05, 0.1) is 11.6 Å². The molecule has 0 bridgehead atoms. The number of aliphatic hydroxyl groups is 1. The van der Waals surface area contributed by atoms with Crippen LogP contribution in [0.25, 0.3) is 0 Å². The zero-order valence-electron chi connectivity index (χ0n) is 9.62. The molecule has 0 saturated heterocycles. The fraction of sp³-hybridized carbons (Fsp3) is 0.417. The molecule has 0 aliphatic rings. The largest absolute Gasteiger partial charge is 0.391 e. The van der Waals surface area contributed by atoms with Crippen LogP contribution in [0.4, 0.5) is 0 Å². The molecule has 1 aromatic carbocycles. The molecule has 1 atom stereocenters. The van der Waals surface area contributed by atoms with Gasteiger partial charge < -0.3 is 10.4 Å². The molecular weight excluding hydrogens is 270 g/mol. The molecule has 2 N–H and O–H groups in total. The van der Waals surface area contributed by atoms with Gasteiger partial charge in [-0.3, -0.25) is 4.79 Å². The second-order valence-electron chi connectivity index (χ2n) is 4.36. The van der Waals surface area contributed by atoms with E-state index in [0.29, 0.717) is 5.56 Å². The molecule has 3 nitrogen and oxygen atoms in total. The lowest BCUT2D eigenvalue weighted by atomic mass is 9.98. The maximum atomic E-state index is 11.8. The minimum Gasteiger partial charge on any atom is -0.391 e. The van der Waals surface area contributed by atoms with Crippen LogP contribution >= 0.6 is 15.9 Å². The second-order valence-corrected chi connectivity index (χ2v) is 5.27. The van der Waals surface area contributed by atoms with Gasteiger partial charge in [0, 0.05) is 10.0 Å². The van der Waals surface area contributed by atoms with Crippen LogP contribution in [-0.2, 0) is 0 Å². The first-order valence-electron chi connectivity index (χ1n) is 5.09. The predicted molar refractivity (Wildman–Crippen MR) is 67.4 cm³/mol. The Morgan fingerprint density at radius 3 is 2.31 bits per heavy atom. The molecule has 0 fully saturated rings. The van der Waals surface area contributed by atoms with Crippen molar-refractivity contribution in [1.82, 2.24) is 5.32 Å². The first-order valence-corrected chi connectivity index (χ1v) is 5.88. The number of rotatable bonds is 3. The molecule has 0 aromatic heterocycles. The van der Waals surface area contributed by atoms with Gasteiger partial charge in [-0.2, -0.15) is 0 Å². The highest BCUT2D eigenvalue weighted by Gasteiger charge is 2.26. The minimum atomic E-state index is -0.635. The fourth-order valence-electron chi connectivity index (χ4n) is 1.07. The van der Waals surface area contributed by atoms with Crippen molar-refractivity contribution < 1.29 is 9.90 Å². The van der Waals surface area contributed by atoms with E-state index in [9.17, 15) is 9.90 Å². The Morgan fingerprint density at radius 2 is 1.88 bits per heavy atom. The lowest BCUT2D eigenvalue weighted by molar-refractivity contribution is 0.0709. The van der Waals surface area contributed by atoms with Crippen LogP contribution in [0.1, 0.15) is 31.1 Å². The number of carbonyl (C=O) groups excluding carboxylic acids is 1. The second kappa shape index (κ2) is 4.97. The molecule has 0 radical (unpaired) electrons. The summed E-state index contributed by atoms with van der Waals surface area (Å²) in [6, 6.07) is 7.09. The van der Waals surface area contributed by atoms with Crippen molar-refractivity contribution in [2.75, 3.05) is 0 Å². The minimum absolute atomic E-state index is 0.182. The van der Waals surface area contributed by atoms with E-state index < -0.39 is 11.6 Å². The first-order chi connectivity index (χ1) is 7.33. The van der Waals surface area contributed by atoms with Gasteiger partial charge in [0.1, 0.15) is 0 Å². The Morgan fingerprint density at radius 1 is 1.38 bits per heavy atom. The molecule has 0 aliphatic carbocycles. The number of hydrogen-bond acceptors (Lipinski definition) is 2. The van der Waals surface area contributed by atoms with Gasteiger partial charge in [-0.1, -0.05) is 15.9 Å². The Kier molecular flexibility index (Phi) is 4.10. The van der Waals surface area contributed by atoms with Crippen molar-refractivity contribution in [1.29, 1.82) is 0 Å². The third kappa shape index (κ3) is 3.32. The predicted octanol–water partition coefficient (Wildman–Crippen LogP) is 2.34. The molecule has 0 saturated carbocycles. The zero-order valence-corrected chi connectivity index (χ0v) is 11.2. The lowest BCUT2D eigenvalue weighted by Gasteiger charge is -2.29. The van der Waals surface area contributed by atoms with Crippen LogP contribution in [0.15, 0.2) is 28.7 Å². The van der Waals surface area contributed by atoms with Crippen LogP contribution in [0, 0.1) is 0 Å². The van der Waals surface area contributed by atoms with Crippen molar-refractivity contribution in [2.45, 2.75) is 32.4 Å². The molecule has 88 valence electrons. The summed E-state index contributed by atoms with van der Waals surface area (Å²) in [6.07, 6.45) is -0.605. The van der Waals surface area contributed by atoms with Gasteiger partial charge in [-0.25, -0.2) is 0 Å². The van der Waals surface area contributed by atoms with E-state index in [2.05, 4.69) is 21.2 Å². The summed E-state index contributed by atoms with van der Waals surface area (Å²) in [6.45, 7) is 5.23. The number of amides is 1. The molecule has 1 aromatic rings. The van der Waals surface area contributed by atoms with Gasteiger partial charge in [-0.15, -0.1) is 0 Å². The van der Waals surface area contributed by atoms with Crippen molar-refractivity contribution in [3.8, 4) is 0 Å². The highest BCUT2D eigenvalue weighted by Crippen LogP contribution is 2.13. The standard InChI is InChI=1S/C12H16BrNO2/c1-8(15)12(2,3)14-11(16)9-4-6-10(13)7-5-9/h4-8,15H,1-3H3,(H,14,16). The summed E-state index contributed by atoms with van der Waals surface area (Å²) in [4.78, 5) is 11.8. The van der Waals surface area contributed by atoms with E-state index in [1.54, 1.807) is 32.9 Å².